The number of anilines is 1. The van der Waals surface area contributed by atoms with Gasteiger partial charge in [0.1, 0.15) is 0 Å². The van der Waals surface area contributed by atoms with Crippen molar-refractivity contribution in [3.8, 4) is 0 Å². The highest BCUT2D eigenvalue weighted by Crippen LogP contribution is 2.22. The number of amides is 1. The standard InChI is InChI=1S/C17H19BrN2O/c1-13(15-10-6-7-11-16(15)18)19-17(21)12-20(2)14-8-4-3-5-9-14/h3-11,13H,12H2,1-2H3,(H,19,21). The molecule has 1 atom stereocenters. The van der Waals surface area contributed by atoms with Crippen LogP contribution in [0.15, 0.2) is 59.1 Å². The van der Waals surface area contributed by atoms with Crippen LogP contribution in [0.4, 0.5) is 5.69 Å². The molecule has 0 aliphatic carbocycles. The summed E-state index contributed by atoms with van der Waals surface area (Å²) >= 11 is 3.51. The van der Waals surface area contributed by atoms with Crippen LogP contribution in [0.1, 0.15) is 18.5 Å². The first kappa shape index (κ1) is 15.6. The highest BCUT2D eigenvalue weighted by molar-refractivity contribution is 9.10. The van der Waals surface area contributed by atoms with Crippen molar-refractivity contribution in [1.29, 1.82) is 0 Å². The van der Waals surface area contributed by atoms with E-state index in [9.17, 15) is 4.79 Å². The summed E-state index contributed by atoms with van der Waals surface area (Å²) in [6.45, 7) is 2.32. The summed E-state index contributed by atoms with van der Waals surface area (Å²) < 4.78 is 1.01. The second kappa shape index (κ2) is 7.27. The monoisotopic (exact) mass is 346 g/mol. The molecular weight excluding hydrogens is 328 g/mol. The summed E-state index contributed by atoms with van der Waals surface area (Å²) in [5.74, 6) is 0.00426. The normalized spacial score (nSPS) is 11.8. The van der Waals surface area contributed by atoms with E-state index in [1.54, 1.807) is 0 Å². The van der Waals surface area contributed by atoms with E-state index in [-0.39, 0.29) is 11.9 Å². The van der Waals surface area contributed by atoms with Gasteiger partial charge in [-0.3, -0.25) is 4.79 Å². The number of halogens is 1. The third-order valence-electron chi connectivity index (χ3n) is 3.33. The van der Waals surface area contributed by atoms with Gasteiger partial charge < -0.3 is 10.2 Å². The molecule has 0 spiro atoms. The molecule has 0 saturated heterocycles. The summed E-state index contributed by atoms with van der Waals surface area (Å²) in [7, 11) is 1.91. The fourth-order valence-corrected chi connectivity index (χ4v) is 2.81. The summed E-state index contributed by atoms with van der Waals surface area (Å²) in [5, 5.41) is 3.03. The highest BCUT2D eigenvalue weighted by Gasteiger charge is 2.13. The molecule has 110 valence electrons. The minimum atomic E-state index is -0.0303. The van der Waals surface area contributed by atoms with Crippen LogP contribution in [0.3, 0.4) is 0 Å². The van der Waals surface area contributed by atoms with Gasteiger partial charge >= 0.3 is 0 Å². The van der Waals surface area contributed by atoms with E-state index in [2.05, 4.69) is 21.2 Å². The number of likely N-dealkylation sites (N-methyl/N-ethyl adjacent to an activating group) is 1. The van der Waals surface area contributed by atoms with Gasteiger partial charge in [0.25, 0.3) is 0 Å². The average Bonchev–Trinajstić information content (AvgIpc) is 2.48. The summed E-state index contributed by atoms with van der Waals surface area (Å²) in [6, 6.07) is 17.8. The molecular formula is C17H19BrN2O. The van der Waals surface area contributed by atoms with Crippen molar-refractivity contribution in [2.75, 3.05) is 18.5 Å². The van der Waals surface area contributed by atoms with Crippen LogP contribution >= 0.6 is 15.9 Å². The molecule has 2 aromatic carbocycles. The van der Waals surface area contributed by atoms with Crippen LogP contribution < -0.4 is 10.2 Å². The second-order valence-electron chi connectivity index (χ2n) is 5.00. The Morgan fingerprint density at radius 3 is 2.43 bits per heavy atom. The number of benzene rings is 2. The second-order valence-corrected chi connectivity index (χ2v) is 5.86. The Hall–Kier alpha value is -1.81. The van der Waals surface area contributed by atoms with E-state index in [0.717, 1.165) is 15.7 Å². The van der Waals surface area contributed by atoms with Gasteiger partial charge in [-0.25, -0.2) is 0 Å². The highest BCUT2D eigenvalue weighted by atomic mass is 79.9. The van der Waals surface area contributed by atoms with Gasteiger partial charge in [-0.2, -0.15) is 0 Å². The molecule has 21 heavy (non-hydrogen) atoms. The lowest BCUT2D eigenvalue weighted by molar-refractivity contribution is -0.120. The molecule has 2 rings (SSSR count). The predicted molar refractivity (Wildman–Crippen MR) is 90.4 cm³/mol. The Morgan fingerprint density at radius 1 is 1.14 bits per heavy atom. The maximum absolute atomic E-state index is 12.2. The van der Waals surface area contributed by atoms with Gasteiger partial charge in [0.05, 0.1) is 12.6 Å². The van der Waals surface area contributed by atoms with Crippen molar-refractivity contribution in [1.82, 2.24) is 5.32 Å². The average molecular weight is 347 g/mol. The van der Waals surface area contributed by atoms with Crippen LogP contribution in [0.25, 0.3) is 0 Å². The predicted octanol–water partition coefficient (Wildman–Crippen LogP) is 3.76. The first-order valence-corrected chi connectivity index (χ1v) is 7.67. The SMILES string of the molecule is CC(NC(=O)CN(C)c1ccccc1)c1ccccc1Br. The van der Waals surface area contributed by atoms with Gasteiger partial charge in [-0.15, -0.1) is 0 Å². The molecule has 1 N–H and O–H groups in total. The number of para-hydroxylation sites is 1. The number of rotatable bonds is 5. The van der Waals surface area contributed by atoms with Crippen molar-refractivity contribution >= 4 is 27.5 Å². The van der Waals surface area contributed by atoms with E-state index >= 15 is 0 Å². The zero-order valence-electron chi connectivity index (χ0n) is 12.2. The van der Waals surface area contributed by atoms with Crippen molar-refractivity contribution in [2.24, 2.45) is 0 Å². The number of hydrogen-bond donors (Lipinski definition) is 1. The van der Waals surface area contributed by atoms with E-state index < -0.39 is 0 Å². The molecule has 2 aromatic rings. The summed E-state index contributed by atoms with van der Waals surface area (Å²) in [4.78, 5) is 14.1. The summed E-state index contributed by atoms with van der Waals surface area (Å²) in [6.07, 6.45) is 0. The Balaban J connectivity index is 1.94. The van der Waals surface area contributed by atoms with Gasteiger partial charge in [-0.05, 0) is 30.7 Å². The number of carbonyl (C=O) groups is 1. The van der Waals surface area contributed by atoms with Crippen LogP contribution in [0.5, 0.6) is 0 Å². The summed E-state index contributed by atoms with van der Waals surface area (Å²) in [5.41, 5.74) is 2.11. The lowest BCUT2D eigenvalue weighted by Gasteiger charge is -2.21. The largest absolute Gasteiger partial charge is 0.365 e. The Bertz CT molecular complexity index is 601. The Kier molecular flexibility index (Phi) is 5.39. The van der Waals surface area contributed by atoms with Gasteiger partial charge in [0.15, 0.2) is 0 Å². The van der Waals surface area contributed by atoms with E-state index in [1.807, 2.05) is 73.5 Å². The quantitative estimate of drug-likeness (QED) is 0.893. The van der Waals surface area contributed by atoms with E-state index in [0.29, 0.717) is 6.54 Å². The number of nitrogens with one attached hydrogen (secondary N) is 1. The third-order valence-corrected chi connectivity index (χ3v) is 4.05. The first-order valence-electron chi connectivity index (χ1n) is 6.88. The Morgan fingerprint density at radius 2 is 1.76 bits per heavy atom. The van der Waals surface area contributed by atoms with Crippen LogP contribution in [0, 0.1) is 0 Å². The van der Waals surface area contributed by atoms with Crippen molar-refractivity contribution in [2.45, 2.75) is 13.0 Å². The topological polar surface area (TPSA) is 32.3 Å². The van der Waals surface area contributed by atoms with E-state index in [4.69, 9.17) is 0 Å². The van der Waals surface area contributed by atoms with Crippen LogP contribution in [0.2, 0.25) is 0 Å². The molecule has 0 aliphatic rings. The zero-order chi connectivity index (χ0) is 15.2. The van der Waals surface area contributed by atoms with Crippen LogP contribution in [-0.4, -0.2) is 19.5 Å². The third kappa shape index (κ3) is 4.33. The van der Waals surface area contributed by atoms with Gasteiger partial charge in [0, 0.05) is 17.2 Å². The molecule has 0 radical (unpaired) electrons. The lowest BCUT2D eigenvalue weighted by atomic mass is 10.1. The first-order chi connectivity index (χ1) is 10.1. The molecule has 0 aliphatic heterocycles. The molecule has 0 aromatic heterocycles. The molecule has 0 fully saturated rings. The minimum Gasteiger partial charge on any atom is -0.365 e. The van der Waals surface area contributed by atoms with E-state index in [1.165, 1.54) is 0 Å². The lowest BCUT2D eigenvalue weighted by Crippen LogP contribution is -2.36. The van der Waals surface area contributed by atoms with Gasteiger partial charge in [-0.1, -0.05) is 52.3 Å². The molecule has 0 saturated carbocycles. The number of hydrogen-bond acceptors (Lipinski definition) is 2. The molecule has 1 amide bonds. The molecule has 0 bridgehead atoms. The fraction of sp³-hybridized carbons (Fsp3) is 0.235. The molecule has 0 heterocycles. The maximum Gasteiger partial charge on any atom is 0.239 e. The van der Waals surface area contributed by atoms with Gasteiger partial charge in [0.2, 0.25) is 5.91 Å². The fourth-order valence-electron chi connectivity index (χ4n) is 2.18. The van der Waals surface area contributed by atoms with Crippen molar-refractivity contribution in [3.63, 3.8) is 0 Å². The molecule has 4 heteroatoms. The molecule has 1 unspecified atom stereocenters. The van der Waals surface area contributed by atoms with Crippen LogP contribution in [-0.2, 0) is 4.79 Å². The van der Waals surface area contributed by atoms with Crippen molar-refractivity contribution < 1.29 is 4.79 Å². The minimum absolute atomic E-state index is 0.00426. The number of nitrogens with zero attached hydrogens (tertiary/aromatic N) is 1. The molecule has 3 nitrogen and oxygen atoms in total. The number of carbonyl (C=O) groups excluding carboxylic acids is 1. The smallest absolute Gasteiger partial charge is 0.239 e. The Labute approximate surface area is 134 Å². The van der Waals surface area contributed by atoms with Crippen molar-refractivity contribution in [3.05, 3.63) is 64.6 Å². The zero-order valence-corrected chi connectivity index (χ0v) is 13.8. The maximum atomic E-state index is 12.2.